The van der Waals surface area contributed by atoms with Gasteiger partial charge in [-0.15, -0.1) is 0 Å². The number of amides is 1. The van der Waals surface area contributed by atoms with Crippen molar-refractivity contribution in [1.82, 2.24) is 14.8 Å². The van der Waals surface area contributed by atoms with Crippen molar-refractivity contribution in [2.45, 2.75) is 11.5 Å². The van der Waals surface area contributed by atoms with Crippen LogP contribution in [-0.2, 0) is 29.8 Å². The topological polar surface area (TPSA) is 242 Å². The molecule has 1 aromatic heterocycles. The van der Waals surface area contributed by atoms with Crippen LogP contribution in [0.2, 0.25) is 0 Å². The highest BCUT2D eigenvalue weighted by atomic mass is 32.3. The average molecular weight is 748 g/mol. The molecule has 0 unspecified atom stereocenters. The smallest absolute Gasteiger partial charge is 0.337 e. The number of nitrogens with zero attached hydrogens (tertiary/aromatic N) is 4. The number of carbonyl (C=O) groups is 2. The maximum atomic E-state index is 12.9. The van der Waals surface area contributed by atoms with Gasteiger partial charge in [-0.2, -0.15) is 16.8 Å². The van der Waals surface area contributed by atoms with Crippen molar-refractivity contribution in [1.29, 1.82) is 0 Å². The molecule has 3 aromatic carbocycles. The number of ether oxygens (including phenoxy) is 1. The molecule has 276 valence electrons. The zero-order valence-corrected chi connectivity index (χ0v) is 30.0. The second-order valence-corrected chi connectivity index (χ2v) is 15.3. The molecular weight excluding hydrogens is 707 g/mol. The van der Waals surface area contributed by atoms with Crippen molar-refractivity contribution in [3.63, 3.8) is 0 Å². The number of carbonyl (C=O) groups excluding carboxylic acids is 2. The van der Waals surface area contributed by atoms with E-state index in [0.29, 0.717) is 41.5 Å². The number of nitrogens with one attached hydrogen (secondary N) is 1. The summed E-state index contributed by atoms with van der Waals surface area (Å²) in [5.41, 5.74) is 4.34. The number of aromatic amines is 1. The number of esters is 1. The van der Waals surface area contributed by atoms with E-state index in [2.05, 4.69) is 21.8 Å². The summed E-state index contributed by atoms with van der Waals surface area (Å²) in [6.07, 6.45) is 0. The molecule has 0 bridgehead atoms. The quantitative estimate of drug-likeness (QED) is 0.110. The number of piperazine rings is 1. The van der Waals surface area contributed by atoms with Crippen LogP contribution in [0.5, 0.6) is 5.88 Å². The number of aromatic nitrogens is 1. The molecule has 0 aliphatic carbocycles. The zero-order valence-electron chi connectivity index (χ0n) is 28.3. The molecule has 51 heavy (non-hydrogen) atoms. The van der Waals surface area contributed by atoms with Gasteiger partial charge in [0.1, 0.15) is 0 Å². The minimum atomic E-state index is -4.70. The fourth-order valence-corrected chi connectivity index (χ4v) is 6.24. The Hall–Kier alpha value is -4.69. The highest BCUT2D eigenvalue weighted by Crippen LogP contribution is 2.32. The number of methoxy groups -OCH3 is 1. The molecule has 0 atom stereocenters. The van der Waals surface area contributed by atoms with Crippen LogP contribution in [0.15, 0.2) is 77.8 Å². The molecule has 0 spiro atoms. The van der Waals surface area contributed by atoms with Gasteiger partial charge < -0.3 is 30.1 Å². The Morgan fingerprint density at radius 3 is 2.04 bits per heavy atom. The second kappa shape index (κ2) is 17.0. The number of aliphatic imine (C=N–C) groups is 1. The summed E-state index contributed by atoms with van der Waals surface area (Å²) in [7, 11) is -4.18. The van der Waals surface area contributed by atoms with Crippen molar-refractivity contribution < 1.29 is 50.8 Å². The fraction of sp³-hybridized carbons (Fsp3) is 0.303. The van der Waals surface area contributed by atoms with Crippen molar-refractivity contribution in [2.75, 3.05) is 58.8 Å². The van der Waals surface area contributed by atoms with E-state index >= 15 is 0 Å². The first-order valence-corrected chi connectivity index (χ1v) is 18.3. The molecule has 5 rings (SSSR count). The number of aromatic hydroxyl groups is 1. The number of hydrogen-bond donors (Lipinski definition) is 4. The van der Waals surface area contributed by atoms with E-state index in [1.54, 1.807) is 30.1 Å². The molecule has 0 radical (unpaired) electrons. The molecule has 2 heterocycles. The van der Waals surface area contributed by atoms with E-state index in [1.165, 1.54) is 7.11 Å². The van der Waals surface area contributed by atoms with Crippen molar-refractivity contribution in [2.24, 2.45) is 4.99 Å². The predicted octanol–water partition coefficient (Wildman–Crippen LogP) is 2.32. The van der Waals surface area contributed by atoms with Gasteiger partial charge in [-0.05, 0) is 50.4 Å². The van der Waals surface area contributed by atoms with E-state index in [9.17, 15) is 31.5 Å². The van der Waals surface area contributed by atoms with Gasteiger partial charge in [-0.3, -0.25) is 18.8 Å². The molecule has 6 N–H and O–H groups in total. The lowest BCUT2D eigenvalue weighted by Gasteiger charge is -2.32. The molecule has 1 aliphatic heterocycles. The molecule has 4 aromatic rings. The van der Waals surface area contributed by atoms with Crippen molar-refractivity contribution in [3.05, 3.63) is 89.5 Å². The lowest BCUT2D eigenvalue weighted by atomic mass is 10.00. The van der Waals surface area contributed by atoms with E-state index < -0.39 is 30.8 Å². The Balaban J connectivity index is 0.000000559. The number of anilines is 1. The largest absolute Gasteiger partial charge is 0.494 e. The van der Waals surface area contributed by atoms with E-state index in [1.807, 2.05) is 54.6 Å². The number of benzene rings is 3. The first-order valence-electron chi connectivity index (χ1n) is 15.3. The van der Waals surface area contributed by atoms with E-state index in [-0.39, 0.29) is 17.3 Å². The molecule has 1 aliphatic rings. The van der Waals surface area contributed by atoms with Crippen LogP contribution < -0.4 is 4.90 Å². The normalized spacial score (nSPS) is 14.4. The van der Waals surface area contributed by atoms with Gasteiger partial charge in [0.15, 0.2) is 5.88 Å². The monoisotopic (exact) mass is 747 g/mol. The van der Waals surface area contributed by atoms with Gasteiger partial charge in [0.2, 0.25) is 10.5 Å². The highest BCUT2D eigenvalue weighted by Gasteiger charge is 2.30. The van der Waals surface area contributed by atoms with Crippen LogP contribution in [0.25, 0.3) is 10.9 Å². The molecule has 1 amide bonds. The van der Waals surface area contributed by atoms with Crippen LogP contribution >= 0.6 is 0 Å². The first kappa shape index (κ1) is 40.7. The minimum absolute atomic E-state index is 0. The summed E-state index contributed by atoms with van der Waals surface area (Å²) in [5.74, 6) is -0.465. The lowest BCUT2D eigenvalue weighted by molar-refractivity contribution is -0.119. The number of hydrogen-bond acceptors (Lipinski definition) is 11. The van der Waals surface area contributed by atoms with Gasteiger partial charge in [-0.25, -0.2) is 9.79 Å². The van der Waals surface area contributed by atoms with Crippen LogP contribution in [-0.4, -0.2) is 127 Å². The molecule has 18 heteroatoms. The van der Waals surface area contributed by atoms with Crippen LogP contribution in [0.3, 0.4) is 0 Å². The summed E-state index contributed by atoms with van der Waals surface area (Å²) < 4.78 is 58.7. The SMILES string of the molecule is CC(S(=O)(=O)O)S(=O)(=O)O.COC(=O)c1ccc2c(C(=Nc3ccc(N(C)C(=O)CN4CCN(C)CC4)cc3)c3ccccc3)c(O)[nH]c2c1.O. The van der Waals surface area contributed by atoms with Gasteiger partial charge in [0.25, 0.3) is 20.2 Å². The van der Waals surface area contributed by atoms with E-state index in [4.69, 9.17) is 18.8 Å². The van der Waals surface area contributed by atoms with Gasteiger partial charge >= 0.3 is 5.97 Å². The Morgan fingerprint density at radius 1 is 0.922 bits per heavy atom. The standard InChI is InChI=1S/C31H33N5O4.C2H6O6S2.H2O/c1-34-15-17-36(18-16-34)20-27(37)35(2)24-12-10-23(11-13-24)32-29(21-7-5-4-6-8-21)28-25-14-9-22(31(39)40-3)19-26(25)33-30(28)38;1-2(9(3,4)5)10(6,7)8;/h4-14,19,33,38H,15-18,20H2,1-3H3;2H,1H3,(H,3,4,5)(H,6,7,8);1H2. The van der Waals surface area contributed by atoms with Gasteiger partial charge in [-0.1, -0.05) is 36.4 Å². The van der Waals surface area contributed by atoms with Crippen LogP contribution in [0.4, 0.5) is 11.4 Å². The van der Waals surface area contributed by atoms with Gasteiger partial charge in [0, 0.05) is 55.4 Å². The summed E-state index contributed by atoms with van der Waals surface area (Å²) in [6, 6.07) is 22.2. The maximum absolute atomic E-state index is 12.9. The zero-order chi connectivity index (χ0) is 36.8. The fourth-order valence-electron chi connectivity index (χ4n) is 5.01. The highest BCUT2D eigenvalue weighted by molar-refractivity contribution is 8.03. The summed E-state index contributed by atoms with van der Waals surface area (Å²) in [6.45, 7) is 4.75. The minimum Gasteiger partial charge on any atom is -0.494 e. The number of H-pyrrole nitrogens is 1. The van der Waals surface area contributed by atoms with Gasteiger partial charge in [0.05, 0.1) is 36.2 Å². The number of fused-ring (bicyclic) bond motifs is 1. The summed E-state index contributed by atoms with van der Waals surface area (Å²) in [5, 5.41) is 11.7. The second-order valence-electron chi connectivity index (χ2n) is 11.6. The average Bonchev–Trinajstić information content (AvgIpc) is 3.41. The lowest BCUT2D eigenvalue weighted by Crippen LogP contribution is -2.48. The van der Waals surface area contributed by atoms with Crippen LogP contribution in [0, 0.1) is 0 Å². The Labute approximate surface area is 295 Å². The predicted molar refractivity (Wildman–Crippen MR) is 193 cm³/mol. The molecule has 1 saturated heterocycles. The molecule has 1 fully saturated rings. The summed E-state index contributed by atoms with van der Waals surface area (Å²) in [4.78, 5) is 39.0. The number of likely N-dealkylation sites (N-methyl/N-ethyl adjacent to an activating group) is 2. The Kier molecular flexibility index (Phi) is 13.6. The molecule has 16 nitrogen and oxygen atoms in total. The third-order valence-corrected chi connectivity index (χ3v) is 11.3. The number of rotatable bonds is 9. The Morgan fingerprint density at radius 2 is 1.51 bits per heavy atom. The van der Waals surface area contributed by atoms with E-state index in [0.717, 1.165) is 42.8 Å². The van der Waals surface area contributed by atoms with Crippen LogP contribution in [0.1, 0.15) is 28.4 Å². The molecule has 0 saturated carbocycles. The first-order chi connectivity index (χ1) is 23.5. The summed E-state index contributed by atoms with van der Waals surface area (Å²) >= 11 is 0. The van der Waals surface area contributed by atoms with Crippen molar-refractivity contribution >= 4 is 60.1 Å². The molecular formula is C33H41N5O11S2. The maximum Gasteiger partial charge on any atom is 0.337 e. The Bertz CT molecular complexity index is 2050. The third-order valence-electron chi connectivity index (χ3n) is 8.13. The van der Waals surface area contributed by atoms with Crippen molar-refractivity contribution in [3.8, 4) is 5.88 Å². The third kappa shape index (κ3) is 10.4.